The largest absolute Gasteiger partial charge is 0.396 e. The Morgan fingerprint density at radius 3 is 2.65 bits per heavy atom. The van der Waals surface area contributed by atoms with Crippen molar-refractivity contribution < 1.29 is 13.5 Å². The molecule has 0 aliphatic heterocycles. The van der Waals surface area contributed by atoms with Gasteiger partial charge in [-0.3, -0.25) is 4.68 Å². The van der Waals surface area contributed by atoms with Gasteiger partial charge < -0.3 is 5.11 Å². The van der Waals surface area contributed by atoms with Crippen LogP contribution in [0.15, 0.2) is 29.9 Å². The average molecular weight is 301 g/mol. The highest BCUT2D eigenvalue weighted by molar-refractivity contribution is 7.89. The van der Waals surface area contributed by atoms with Crippen LogP contribution in [0.1, 0.15) is 27.2 Å². The second-order valence-electron chi connectivity index (χ2n) is 5.51. The van der Waals surface area contributed by atoms with E-state index in [0.29, 0.717) is 13.0 Å². The predicted molar refractivity (Wildman–Crippen MR) is 77.8 cm³/mol. The summed E-state index contributed by atoms with van der Waals surface area (Å²) in [5, 5.41) is 12.8. The number of nitrogens with zero attached hydrogens (tertiary/aromatic N) is 3. The average Bonchev–Trinajstić information content (AvgIpc) is 2.81. The summed E-state index contributed by atoms with van der Waals surface area (Å²) >= 11 is 0. The van der Waals surface area contributed by atoms with Crippen LogP contribution >= 0.6 is 0 Å². The van der Waals surface area contributed by atoms with Gasteiger partial charge in [-0.25, -0.2) is 8.42 Å². The van der Waals surface area contributed by atoms with Crippen molar-refractivity contribution in [2.45, 2.75) is 44.2 Å². The van der Waals surface area contributed by atoms with Crippen LogP contribution in [0.5, 0.6) is 0 Å². The Morgan fingerprint density at radius 1 is 1.50 bits per heavy atom. The lowest BCUT2D eigenvalue weighted by Crippen LogP contribution is -2.45. The Kier molecular flexibility index (Phi) is 5.50. The molecule has 0 aliphatic carbocycles. The van der Waals surface area contributed by atoms with Gasteiger partial charge in [-0.05, 0) is 27.2 Å². The van der Waals surface area contributed by atoms with Crippen LogP contribution in [-0.2, 0) is 16.6 Å². The highest BCUT2D eigenvalue weighted by Crippen LogP contribution is 2.23. The van der Waals surface area contributed by atoms with Crippen molar-refractivity contribution in [1.29, 1.82) is 0 Å². The Hall–Kier alpha value is -1.18. The van der Waals surface area contributed by atoms with E-state index in [1.807, 2.05) is 20.8 Å². The van der Waals surface area contributed by atoms with Gasteiger partial charge in [0.05, 0.1) is 6.20 Å². The highest BCUT2D eigenvalue weighted by Gasteiger charge is 2.33. The van der Waals surface area contributed by atoms with Crippen molar-refractivity contribution >= 4 is 10.0 Å². The molecule has 0 bridgehead atoms. The number of aromatic nitrogens is 2. The maximum Gasteiger partial charge on any atom is 0.246 e. The first-order chi connectivity index (χ1) is 9.23. The molecule has 0 saturated carbocycles. The van der Waals surface area contributed by atoms with Gasteiger partial charge in [0, 0.05) is 31.4 Å². The Bertz CT molecular complexity index is 543. The number of aliphatic hydroxyl groups excluding tert-OH is 1. The molecule has 1 heterocycles. The zero-order chi connectivity index (χ0) is 15.4. The molecular weight excluding hydrogens is 278 g/mol. The third-order valence-corrected chi connectivity index (χ3v) is 4.87. The Labute approximate surface area is 120 Å². The number of aryl methyl sites for hydroxylation is 1. The topological polar surface area (TPSA) is 75.4 Å². The molecule has 1 aromatic heterocycles. The fraction of sp³-hybridized carbons (Fsp3) is 0.615. The minimum absolute atomic E-state index is 0.0481. The Morgan fingerprint density at radius 2 is 2.15 bits per heavy atom. The monoisotopic (exact) mass is 301 g/mol. The van der Waals surface area contributed by atoms with Crippen molar-refractivity contribution in [3.63, 3.8) is 0 Å². The van der Waals surface area contributed by atoms with Gasteiger partial charge in [-0.1, -0.05) is 6.08 Å². The van der Waals surface area contributed by atoms with Gasteiger partial charge in [-0.2, -0.15) is 9.40 Å². The Balaban J connectivity index is 3.07. The minimum Gasteiger partial charge on any atom is -0.396 e. The molecule has 0 unspecified atom stereocenters. The molecule has 1 N–H and O–H groups in total. The number of hydrogen-bond acceptors (Lipinski definition) is 4. The van der Waals surface area contributed by atoms with Crippen LogP contribution in [0.2, 0.25) is 0 Å². The summed E-state index contributed by atoms with van der Waals surface area (Å²) in [6.07, 6.45) is 4.94. The van der Waals surface area contributed by atoms with Crippen molar-refractivity contribution in [1.82, 2.24) is 14.1 Å². The standard InChI is InChI=1S/C13H23N3O3S/c1-5-7-16(13(2,3)4)20(18,19)12-10-14-15(11-12)8-6-9-17/h5,10-11,17H,1,6-9H2,2-4H3. The SMILES string of the molecule is C=CCN(C(C)(C)C)S(=O)(=O)c1cnn(CCCO)c1. The lowest BCUT2D eigenvalue weighted by molar-refractivity contribution is 0.270. The molecule has 20 heavy (non-hydrogen) atoms. The van der Waals surface area contributed by atoms with Gasteiger partial charge >= 0.3 is 0 Å². The first kappa shape index (κ1) is 16.9. The smallest absolute Gasteiger partial charge is 0.246 e. The van der Waals surface area contributed by atoms with E-state index in [0.717, 1.165) is 0 Å². The van der Waals surface area contributed by atoms with Gasteiger partial charge in [0.1, 0.15) is 4.90 Å². The van der Waals surface area contributed by atoms with E-state index >= 15 is 0 Å². The summed E-state index contributed by atoms with van der Waals surface area (Å²) in [4.78, 5) is 0.159. The minimum atomic E-state index is -3.61. The van der Waals surface area contributed by atoms with E-state index in [9.17, 15) is 8.42 Å². The van der Waals surface area contributed by atoms with Gasteiger partial charge in [0.2, 0.25) is 10.0 Å². The van der Waals surface area contributed by atoms with Crippen molar-refractivity contribution in [2.75, 3.05) is 13.2 Å². The van der Waals surface area contributed by atoms with Crippen LogP contribution < -0.4 is 0 Å². The second-order valence-corrected chi connectivity index (χ2v) is 7.37. The third kappa shape index (κ3) is 3.91. The summed E-state index contributed by atoms with van der Waals surface area (Å²) in [7, 11) is -3.61. The van der Waals surface area contributed by atoms with Gasteiger partial charge in [-0.15, -0.1) is 6.58 Å². The fourth-order valence-electron chi connectivity index (χ4n) is 1.81. The number of hydrogen-bond donors (Lipinski definition) is 1. The fourth-order valence-corrected chi connectivity index (χ4v) is 3.52. The molecule has 114 valence electrons. The molecule has 7 heteroatoms. The zero-order valence-corrected chi connectivity index (χ0v) is 13.1. The van der Waals surface area contributed by atoms with Crippen LogP contribution in [-0.4, -0.2) is 46.3 Å². The second kappa shape index (κ2) is 6.51. The van der Waals surface area contributed by atoms with Crippen LogP contribution in [0, 0.1) is 0 Å². The van der Waals surface area contributed by atoms with E-state index in [1.165, 1.54) is 21.4 Å². The van der Waals surface area contributed by atoms with Crippen molar-refractivity contribution in [3.05, 3.63) is 25.0 Å². The number of rotatable bonds is 7. The lowest BCUT2D eigenvalue weighted by Gasteiger charge is -2.33. The molecule has 0 spiro atoms. The molecule has 0 atom stereocenters. The van der Waals surface area contributed by atoms with Crippen LogP contribution in [0.25, 0.3) is 0 Å². The van der Waals surface area contributed by atoms with Crippen molar-refractivity contribution in [3.8, 4) is 0 Å². The van der Waals surface area contributed by atoms with E-state index in [4.69, 9.17) is 5.11 Å². The molecule has 0 aromatic carbocycles. The van der Waals surface area contributed by atoms with Gasteiger partial charge in [0.25, 0.3) is 0 Å². The van der Waals surface area contributed by atoms with Crippen LogP contribution in [0.3, 0.4) is 0 Å². The summed E-state index contributed by atoms with van der Waals surface area (Å²) < 4.78 is 28.2. The summed E-state index contributed by atoms with van der Waals surface area (Å²) in [5.74, 6) is 0. The van der Waals surface area contributed by atoms with Gasteiger partial charge in [0.15, 0.2) is 0 Å². The lowest BCUT2D eigenvalue weighted by atomic mass is 10.1. The molecule has 0 aliphatic rings. The maximum atomic E-state index is 12.6. The van der Waals surface area contributed by atoms with E-state index in [1.54, 1.807) is 6.08 Å². The third-order valence-electron chi connectivity index (χ3n) is 2.79. The predicted octanol–water partition coefficient (Wildman–Crippen LogP) is 1.24. The molecule has 0 fully saturated rings. The summed E-state index contributed by atoms with van der Waals surface area (Å²) in [6.45, 7) is 9.91. The van der Waals surface area contributed by atoms with Crippen LogP contribution in [0.4, 0.5) is 0 Å². The number of aliphatic hydroxyl groups is 1. The normalized spacial score (nSPS) is 12.8. The van der Waals surface area contributed by atoms with E-state index in [-0.39, 0.29) is 18.0 Å². The summed E-state index contributed by atoms with van der Waals surface area (Å²) in [6, 6.07) is 0. The first-order valence-electron chi connectivity index (χ1n) is 6.50. The molecule has 0 radical (unpaired) electrons. The zero-order valence-electron chi connectivity index (χ0n) is 12.3. The molecule has 0 saturated heterocycles. The first-order valence-corrected chi connectivity index (χ1v) is 7.94. The molecule has 1 aromatic rings. The maximum absolute atomic E-state index is 12.6. The highest BCUT2D eigenvalue weighted by atomic mass is 32.2. The molecule has 1 rings (SSSR count). The molecular formula is C13H23N3O3S. The quantitative estimate of drug-likeness (QED) is 0.769. The number of sulfonamides is 1. The van der Waals surface area contributed by atoms with E-state index in [2.05, 4.69) is 11.7 Å². The molecule has 0 amide bonds. The summed E-state index contributed by atoms with van der Waals surface area (Å²) in [5.41, 5.74) is -0.541. The molecule has 6 nitrogen and oxygen atoms in total. The van der Waals surface area contributed by atoms with Crippen molar-refractivity contribution in [2.24, 2.45) is 0 Å². The van der Waals surface area contributed by atoms with E-state index < -0.39 is 15.6 Å².